The molecule has 7 heavy (non-hydrogen) atoms. The highest BCUT2D eigenvalue weighted by Gasteiger charge is 1.93. The third-order valence-corrected chi connectivity index (χ3v) is 2.57. The summed E-state index contributed by atoms with van der Waals surface area (Å²) in [5.74, 6) is 2.21. The van der Waals surface area contributed by atoms with Crippen molar-refractivity contribution >= 4 is 24.4 Å². The van der Waals surface area contributed by atoms with E-state index in [9.17, 15) is 0 Å². The van der Waals surface area contributed by atoms with E-state index in [0.717, 1.165) is 11.0 Å². The monoisotopic (exact) mass is 136 g/mol. The van der Waals surface area contributed by atoms with E-state index in [1.165, 1.54) is 5.75 Å². The topological polar surface area (TPSA) is 0 Å². The summed E-state index contributed by atoms with van der Waals surface area (Å²) in [7, 11) is 0. The van der Waals surface area contributed by atoms with Crippen LogP contribution in [0.1, 0.15) is 13.8 Å². The molecule has 0 aromatic heterocycles. The number of thiol groups is 1. The van der Waals surface area contributed by atoms with Crippen molar-refractivity contribution in [1.29, 1.82) is 0 Å². The van der Waals surface area contributed by atoms with E-state index >= 15 is 0 Å². The molecule has 0 amide bonds. The van der Waals surface area contributed by atoms with Gasteiger partial charge in [-0.1, -0.05) is 13.8 Å². The molecule has 44 valence electrons. The minimum absolute atomic E-state index is 0.730. The maximum Gasteiger partial charge on any atom is 0.0107 e. The van der Waals surface area contributed by atoms with Gasteiger partial charge in [-0.15, -0.1) is 0 Å². The summed E-state index contributed by atoms with van der Waals surface area (Å²) >= 11 is 6.08. The maximum atomic E-state index is 4.13. The molecule has 1 unspecified atom stereocenters. The third kappa shape index (κ3) is 4.56. The molecule has 0 spiro atoms. The molecule has 0 saturated heterocycles. The first-order valence-corrected chi connectivity index (χ1v) is 4.21. The molecule has 0 heterocycles. The van der Waals surface area contributed by atoms with Gasteiger partial charge in [0.25, 0.3) is 0 Å². The van der Waals surface area contributed by atoms with Crippen molar-refractivity contribution in [3.63, 3.8) is 0 Å². The van der Waals surface area contributed by atoms with Crippen LogP contribution in [0.2, 0.25) is 0 Å². The third-order valence-electron chi connectivity index (χ3n) is 0.708. The zero-order chi connectivity index (χ0) is 5.70. The fourth-order valence-corrected chi connectivity index (χ4v) is 1.33. The van der Waals surface area contributed by atoms with E-state index < -0.39 is 0 Å². The van der Waals surface area contributed by atoms with Crippen LogP contribution in [0.25, 0.3) is 0 Å². The van der Waals surface area contributed by atoms with Crippen molar-refractivity contribution in [2.24, 2.45) is 0 Å². The molecule has 1 atom stereocenters. The van der Waals surface area contributed by atoms with E-state index in [0.29, 0.717) is 0 Å². The van der Waals surface area contributed by atoms with Crippen LogP contribution in [-0.2, 0) is 0 Å². The highest BCUT2D eigenvalue weighted by atomic mass is 32.2. The lowest BCUT2D eigenvalue weighted by atomic mass is 10.6. The van der Waals surface area contributed by atoms with Crippen LogP contribution in [-0.4, -0.2) is 16.8 Å². The molecule has 0 fully saturated rings. The summed E-state index contributed by atoms with van der Waals surface area (Å²) < 4.78 is 0. The minimum atomic E-state index is 0.730. The van der Waals surface area contributed by atoms with Crippen molar-refractivity contribution in [3.8, 4) is 0 Å². The van der Waals surface area contributed by atoms with Crippen LogP contribution in [0.15, 0.2) is 0 Å². The Bertz CT molecular complexity index is 37.1. The van der Waals surface area contributed by atoms with Gasteiger partial charge >= 0.3 is 0 Å². The van der Waals surface area contributed by atoms with Crippen LogP contribution < -0.4 is 0 Å². The summed E-state index contributed by atoms with van der Waals surface area (Å²) in [6, 6.07) is 0. The van der Waals surface area contributed by atoms with Crippen LogP contribution >= 0.6 is 24.4 Å². The predicted octanol–water partition coefficient (Wildman–Crippen LogP) is 2.06. The lowest BCUT2D eigenvalue weighted by molar-refractivity contribution is 1.13. The summed E-state index contributed by atoms with van der Waals surface area (Å²) in [5.41, 5.74) is 0. The van der Waals surface area contributed by atoms with Gasteiger partial charge in [0.05, 0.1) is 0 Å². The fraction of sp³-hybridized carbons (Fsp3) is 1.00. The number of hydrogen-bond acceptors (Lipinski definition) is 2. The standard InChI is InChI=1S/C5H12S2/c1-3-7-5(2)4-6/h5-6H,3-4H2,1-2H3. The van der Waals surface area contributed by atoms with Gasteiger partial charge in [0.15, 0.2) is 0 Å². The van der Waals surface area contributed by atoms with E-state index in [4.69, 9.17) is 0 Å². The molecule has 0 saturated carbocycles. The normalized spacial score (nSPS) is 14.1. The highest BCUT2D eigenvalue weighted by molar-refractivity contribution is 8.00. The fourth-order valence-electron chi connectivity index (χ4n) is 0.337. The maximum absolute atomic E-state index is 4.13. The second kappa shape index (κ2) is 4.85. The Balaban J connectivity index is 2.83. The average molecular weight is 136 g/mol. The molecule has 0 aromatic rings. The Morgan fingerprint density at radius 3 is 2.43 bits per heavy atom. The number of rotatable bonds is 3. The van der Waals surface area contributed by atoms with Crippen molar-refractivity contribution in [2.75, 3.05) is 11.5 Å². The van der Waals surface area contributed by atoms with E-state index in [2.05, 4.69) is 26.5 Å². The highest BCUT2D eigenvalue weighted by Crippen LogP contribution is 2.09. The van der Waals surface area contributed by atoms with Gasteiger partial charge < -0.3 is 0 Å². The minimum Gasteiger partial charge on any atom is -0.178 e. The van der Waals surface area contributed by atoms with Gasteiger partial charge in [0.1, 0.15) is 0 Å². The second-order valence-corrected chi connectivity index (χ2v) is 3.53. The molecule has 0 aliphatic heterocycles. The van der Waals surface area contributed by atoms with Crippen molar-refractivity contribution in [2.45, 2.75) is 19.1 Å². The van der Waals surface area contributed by atoms with E-state index in [1.54, 1.807) is 0 Å². The molecule has 0 aliphatic rings. The van der Waals surface area contributed by atoms with Crippen LogP contribution in [0.5, 0.6) is 0 Å². The van der Waals surface area contributed by atoms with Gasteiger partial charge in [-0.05, 0) is 5.75 Å². The molecule has 0 aromatic carbocycles. The SMILES string of the molecule is CCSC(C)CS. The zero-order valence-corrected chi connectivity index (χ0v) is 6.56. The Morgan fingerprint density at radius 1 is 1.71 bits per heavy atom. The molecular weight excluding hydrogens is 124 g/mol. The second-order valence-electron chi connectivity index (χ2n) is 1.45. The smallest absolute Gasteiger partial charge is 0.0107 e. The summed E-state index contributed by atoms with van der Waals surface area (Å²) in [6.07, 6.45) is 0. The first kappa shape index (κ1) is 7.70. The summed E-state index contributed by atoms with van der Waals surface area (Å²) in [4.78, 5) is 0. The largest absolute Gasteiger partial charge is 0.178 e. The zero-order valence-electron chi connectivity index (χ0n) is 4.85. The van der Waals surface area contributed by atoms with Crippen LogP contribution in [0.4, 0.5) is 0 Å². The average Bonchev–Trinajstić information content (AvgIpc) is 1.68. The lowest BCUT2D eigenvalue weighted by Gasteiger charge is -2.02. The first-order valence-electron chi connectivity index (χ1n) is 2.53. The lowest BCUT2D eigenvalue weighted by Crippen LogP contribution is -1.96. The van der Waals surface area contributed by atoms with Crippen molar-refractivity contribution in [3.05, 3.63) is 0 Å². The van der Waals surface area contributed by atoms with Crippen LogP contribution in [0, 0.1) is 0 Å². The number of thioether (sulfide) groups is 1. The quantitative estimate of drug-likeness (QED) is 0.579. The molecule has 2 heteroatoms. The van der Waals surface area contributed by atoms with Gasteiger partial charge in [-0.2, -0.15) is 24.4 Å². The Kier molecular flexibility index (Phi) is 5.33. The molecule has 0 nitrogen and oxygen atoms in total. The molecule has 0 aliphatic carbocycles. The van der Waals surface area contributed by atoms with Gasteiger partial charge in [-0.3, -0.25) is 0 Å². The Morgan fingerprint density at radius 2 is 2.29 bits per heavy atom. The molecule has 0 N–H and O–H groups in total. The Hall–Kier alpha value is 0.700. The van der Waals surface area contributed by atoms with Crippen molar-refractivity contribution in [1.82, 2.24) is 0 Å². The van der Waals surface area contributed by atoms with Crippen LogP contribution in [0.3, 0.4) is 0 Å². The van der Waals surface area contributed by atoms with E-state index in [1.807, 2.05) is 11.8 Å². The van der Waals surface area contributed by atoms with Crippen molar-refractivity contribution < 1.29 is 0 Å². The first-order chi connectivity index (χ1) is 3.31. The van der Waals surface area contributed by atoms with E-state index in [-0.39, 0.29) is 0 Å². The molecule has 0 radical (unpaired) electrons. The van der Waals surface area contributed by atoms with Gasteiger partial charge in [-0.25, -0.2) is 0 Å². The summed E-state index contributed by atoms with van der Waals surface area (Å²) in [6.45, 7) is 4.37. The molecule has 0 rings (SSSR count). The summed E-state index contributed by atoms with van der Waals surface area (Å²) in [5, 5.41) is 0.730. The Labute approximate surface area is 55.5 Å². The molecule has 0 bridgehead atoms. The molecular formula is C5H12S2. The van der Waals surface area contributed by atoms with Gasteiger partial charge in [0, 0.05) is 11.0 Å². The predicted molar refractivity (Wildman–Crippen MR) is 41.4 cm³/mol. The number of hydrogen-bond donors (Lipinski definition) is 1. The van der Waals surface area contributed by atoms with Gasteiger partial charge in [0.2, 0.25) is 0 Å².